The summed E-state index contributed by atoms with van der Waals surface area (Å²) in [4.78, 5) is 11.9. The number of anilines is 1. The van der Waals surface area contributed by atoms with Crippen LogP contribution in [-0.2, 0) is 6.54 Å². The van der Waals surface area contributed by atoms with Gasteiger partial charge in [-0.05, 0) is 29.3 Å². The van der Waals surface area contributed by atoms with Crippen LogP contribution in [0.4, 0.5) is 5.69 Å². The second-order valence-corrected chi connectivity index (χ2v) is 5.17. The molecule has 3 N–H and O–H groups in total. The number of hydrogen-bond donors (Lipinski definition) is 3. The molecule has 1 aromatic heterocycles. The van der Waals surface area contributed by atoms with Crippen molar-refractivity contribution >= 4 is 21.6 Å². The molecule has 0 amide bonds. The topological polar surface area (TPSA) is 79.2 Å². The van der Waals surface area contributed by atoms with E-state index in [-0.39, 0.29) is 11.7 Å². The van der Waals surface area contributed by atoms with Crippen LogP contribution in [-0.4, -0.2) is 40.6 Å². The van der Waals surface area contributed by atoms with Gasteiger partial charge in [0.25, 0.3) is 5.56 Å². The summed E-state index contributed by atoms with van der Waals surface area (Å²) in [5.41, 5.74) is 0.569. The molecule has 0 aliphatic heterocycles. The van der Waals surface area contributed by atoms with E-state index in [9.17, 15) is 4.79 Å². The molecule has 0 spiro atoms. The molecule has 0 radical (unpaired) electrons. The quantitative estimate of drug-likeness (QED) is 0.613. The van der Waals surface area contributed by atoms with E-state index >= 15 is 0 Å². The molecule has 1 heterocycles. The zero-order valence-electron chi connectivity index (χ0n) is 11.3. The van der Waals surface area contributed by atoms with Crippen LogP contribution in [0.2, 0.25) is 0 Å². The lowest BCUT2D eigenvalue weighted by Crippen LogP contribution is -2.30. The number of nitrogens with one attached hydrogen (secondary N) is 2. The van der Waals surface area contributed by atoms with Gasteiger partial charge in [0.1, 0.15) is 4.47 Å². The normalized spacial score (nSPS) is 12.4. The Balaban J connectivity index is 2.51. The Morgan fingerprint density at radius 1 is 1.53 bits per heavy atom. The monoisotopic (exact) mass is 332 g/mol. The zero-order valence-corrected chi connectivity index (χ0v) is 12.9. The highest BCUT2D eigenvalue weighted by Gasteiger charge is 2.07. The molecule has 0 saturated carbocycles. The molecule has 1 atom stereocenters. The molecule has 1 rings (SSSR count). The van der Waals surface area contributed by atoms with E-state index in [0.29, 0.717) is 36.3 Å². The number of aliphatic hydroxyl groups is 1. The smallest absolute Gasteiger partial charge is 0.283 e. The van der Waals surface area contributed by atoms with Crippen molar-refractivity contribution in [3.8, 4) is 0 Å². The van der Waals surface area contributed by atoms with Crippen LogP contribution >= 0.6 is 15.9 Å². The van der Waals surface area contributed by atoms with Crippen LogP contribution in [0.25, 0.3) is 0 Å². The summed E-state index contributed by atoms with van der Waals surface area (Å²) in [6.07, 6.45) is 2.16. The average molecular weight is 333 g/mol. The second kappa shape index (κ2) is 8.29. The maximum Gasteiger partial charge on any atom is 0.283 e. The highest BCUT2D eigenvalue weighted by molar-refractivity contribution is 9.10. The highest BCUT2D eigenvalue weighted by Crippen LogP contribution is 2.15. The van der Waals surface area contributed by atoms with E-state index < -0.39 is 0 Å². The molecule has 1 unspecified atom stereocenters. The molecule has 0 saturated heterocycles. The Morgan fingerprint density at radius 2 is 2.26 bits per heavy atom. The van der Waals surface area contributed by atoms with Crippen molar-refractivity contribution in [2.75, 3.05) is 25.0 Å². The van der Waals surface area contributed by atoms with Gasteiger partial charge in [-0.2, -0.15) is 5.10 Å². The maximum atomic E-state index is 11.9. The highest BCUT2D eigenvalue weighted by atomic mass is 79.9. The molecule has 6 nitrogen and oxygen atoms in total. The van der Waals surface area contributed by atoms with Crippen molar-refractivity contribution in [2.45, 2.75) is 32.9 Å². The third-order valence-electron chi connectivity index (χ3n) is 2.48. The van der Waals surface area contributed by atoms with E-state index in [1.165, 1.54) is 4.68 Å². The van der Waals surface area contributed by atoms with Gasteiger partial charge in [0.05, 0.1) is 18.0 Å². The third-order valence-corrected chi connectivity index (χ3v) is 3.24. The fraction of sp³-hybridized carbons (Fsp3) is 0.667. The first kappa shape index (κ1) is 16.1. The summed E-state index contributed by atoms with van der Waals surface area (Å²) in [6, 6.07) is 0. The SMILES string of the molecule is CCCn1ncc(NCCNCC(C)O)c(Br)c1=O. The van der Waals surface area contributed by atoms with Crippen molar-refractivity contribution < 1.29 is 5.11 Å². The van der Waals surface area contributed by atoms with Crippen LogP contribution in [0, 0.1) is 0 Å². The molecule has 7 heteroatoms. The average Bonchev–Trinajstić information content (AvgIpc) is 2.37. The molecule has 0 fully saturated rings. The largest absolute Gasteiger partial charge is 0.392 e. The lowest BCUT2D eigenvalue weighted by molar-refractivity contribution is 0.192. The van der Waals surface area contributed by atoms with E-state index in [2.05, 4.69) is 31.7 Å². The van der Waals surface area contributed by atoms with Crippen molar-refractivity contribution in [3.63, 3.8) is 0 Å². The molecule has 0 aliphatic carbocycles. The summed E-state index contributed by atoms with van der Waals surface area (Å²) in [5, 5.41) is 19.4. The van der Waals surface area contributed by atoms with Crippen LogP contribution in [0.15, 0.2) is 15.5 Å². The number of aryl methyl sites for hydroxylation is 1. The van der Waals surface area contributed by atoms with Gasteiger partial charge in [-0.15, -0.1) is 0 Å². The van der Waals surface area contributed by atoms with Gasteiger partial charge in [-0.25, -0.2) is 4.68 Å². The molecule has 0 aliphatic rings. The van der Waals surface area contributed by atoms with E-state index in [0.717, 1.165) is 6.42 Å². The minimum Gasteiger partial charge on any atom is -0.392 e. The maximum absolute atomic E-state index is 11.9. The predicted molar refractivity (Wildman–Crippen MR) is 79.5 cm³/mol. The molecule has 108 valence electrons. The Hall–Kier alpha value is -0.920. The predicted octanol–water partition coefficient (Wildman–Crippen LogP) is 0.798. The standard InChI is InChI=1S/C12H21BrN4O2/c1-3-6-17-12(19)11(13)10(8-16-17)15-5-4-14-7-9(2)18/h8-9,14-15,18H,3-7H2,1-2H3. The fourth-order valence-corrected chi connectivity index (χ4v) is 2.00. The van der Waals surface area contributed by atoms with Gasteiger partial charge >= 0.3 is 0 Å². The zero-order chi connectivity index (χ0) is 14.3. The number of nitrogens with zero attached hydrogens (tertiary/aromatic N) is 2. The Labute approximate surface area is 121 Å². The number of hydrogen-bond acceptors (Lipinski definition) is 5. The van der Waals surface area contributed by atoms with Crippen LogP contribution < -0.4 is 16.2 Å². The molecule has 1 aromatic rings. The molecular formula is C12H21BrN4O2. The Kier molecular flexibility index (Phi) is 7.04. The van der Waals surface area contributed by atoms with E-state index in [1.807, 2.05) is 6.92 Å². The van der Waals surface area contributed by atoms with Gasteiger partial charge in [0.15, 0.2) is 0 Å². The van der Waals surface area contributed by atoms with Crippen LogP contribution in [0.1, 0.15) is 20.3 Å². The molecule has 19 heavy (non-hydrogen) atoms. The summed E-state index contributed by atoms with van der Waals surface area (Å²) >= 11 is 3.30. The first-order valence-corrected chi connectivity index (χ1v) is 7.23. The van der Waals surface area contributed by atoms with Gasteiger partial charge in [0.2, 0.25) is 0 Å². The summed E-state index contributed by atoms with van der Waals surface area (Å²) < 4.78 is 1.95. The fourth-order valence-electron chi connectivity index (χ4n) is 1.56. The lowest BCUT2D eigenvalue weighted by Gasteiger charge is -2.11. The van der Waals surface area contributed by atoms with E-state index in [1.54, 1.807) is 13.1 Å². The number of halogens is 1. The first-order chi connectivity index (χ1) is 9.06. The number of aliphatic hydroxyl groups excluding tert-OH is 1. The summed E-state index contributed by atoms with van der Waals surface area (Å²) in [6.45, 7) is 6.27. The third kappa shape index (κ3) is 5.30. The Morgan fingerprint density at radius 3 is 2.89 bits per heavy atom. The van der Waals surface area contributed by atoms with Crippen LogP contribution in [0.3, 0.4) is 0 Å². The van der Waals surface area contributed by atoms with Gasteiger partial charge in [-0.1, -0.05) is 6.92 Å². The first-order valence-electron chi connectivity index (χ1n) is 6.44. The summed E-state index contributed by atoms with van der Waals surface area (Å²) in [7, 11) is 0. The minimum atomic E-state index is -0.355. The van der Waals surface area contributed by atoms with Gasteiger partial charge in [0, 0.05) is 26.2 Å². The Bertz CT molecular complexity index is 448. The summed E-state index contributed by atoms with van der Waals surface area (Å²) in [5.74, 6) is 0. The lowest BCUT2D eigenvalue weighted by atomic mass is 10.4. The van der Waals surface area contributed by atoms with Crippen LogP contribution in [0.5, 0.6) is 0 Å². The van der Waals surface area contributed by atoms with Crippen molar-refractivity contribution in [2.24, 2.45) is 0 Å². The van der Waals surface area contributed by atoms with E-state index in [4.69, 9.17) is 5.11 Å². The minimum absolute atomic E-state index is 0.121. The molecular weight excluding hydrogens is 312 g/mol. The van der Waals surface area contributed by atoms with Crippen molar-refractivity contribution in [1.82, 2.24) is 15.1 Å². The van der Waals surface area contributed by atoms with Crippen molar-refractivity contribution in [1.29, 1.82) is 0 Å². The van der Waals surface area contributed by atoms with Gasteiger partial charge in [-0.3, -0.25) is 4.79 Å². The van der Waals surface area contributed by atoms with Gasteiger partial charge < -0.3 is 15.7 Å². The second-order valence-electron chi connectivity index (χ2n) is 4.38. The number of rotatable bonds is 8. The number of aromatic nitrogens is 2. The molecule has 0 bridgehead atoms. The van der Waals surface area contributed by atoms with Crippen molar-refractivity contribution in [3.05, 3.63) is 21.0 Å². The molecule has 0 aromatic carbocycles.